The third kappa shape index (κ3) is 5.01. The number of hydrogen-bond donors (Lipinski definition) is 1. The molecule has 0 aliphatic carbocycles. The summed E-state index contributed by atoms with van der Waals surface area (Å²) in [4.78, 5) is 15.8. The zero-order valence-electron chi connectivity index (χ0n) is 19.0. The fourth-order valence-electron chi connectivity index (χ4n) is 3.93. The number of aryl methyl sites for hydroxylation is 2. The van der Waals surface area contributed by atoms with Crippen molar-refractivity contribution >= 4 is 5.82 Å². The first-order chi connectivity index (χ1) is 16.3. The third-order valence-electron chi connectivity index (χ3n) is 5.93. The molecule has 3 aromatic rings. The van der Waals surface area contributed by atoms with Gasteiger partial charge in [-0.25, -0.2) is 4.79 Å². The van der Waals surface area contributed by atoms with Gasteiger partial charge in [0.1, 0.15) is 11.9 Å². The number of nitrogens with two attached hydrogens (primary N) is 1. The molecule has 1 fully saturated rings. The highest BCUT2D eigenvalue weighted by atomic mass is 19.3. The summed E-state index contributed by atoms with van der Waals surface area (Å²) >= 11 is 0. The molecule has 34 heavy (non-hydrogen) atoms. The van der Waals surface area contributed by atoms with Gasteiger partial charge in [-0.05, 0) is 42.2 Å². The summed E-state index contributed by atoms with van der Waals surface area (Å²) in [6, 6.07) is 16.3. The van der Waals surface area contributed by atoms with Crippen LogP contribution >= 0.6 is 0 Å². The summed E-state index contributed by atoms with van der Waals surface area (Å²) < 4.78 is 49.0. The lowest BCUT2D eigenvalue weighted by atomic mass is 10.1. The second-order valence-electron chi connectivity index (χ2n) is 8.34. The highest BCUT2D eigenvalue weighted by Gasteiger charge is 2.61. The average molecular weight is 472 g/mol. The maximum absolute atomic E-state index is 15.6. The fourth-order valence-corrected chi connectivity index (χ4v) is 3.93. The number of nitrogen functional groups attached to an aromatic ring is 1. The molecule has 1 aromatic heterocycles. The number of hydrogen-bond acceptors (Lipinski definition) is 6. The quantitative estimate of drug-likeness (QED) is 0.538. The molecule has 7 nitrogen and oxygen atoms in total. The first-order valence-corrected chi connectivity index (χ1v) is 10.9. The molecular weight excluding hydrogens is 444 g/mol. The molecule has 2 aromatic carbocycles. The van der Waals surface area contributed by atoms with Gasteiger partial charge < -0.3 is 19.9 Å². The van der Waals surface area contributed by atoms with Gasteiger partial charge >= 0.3 is 11.6 Å². The van der Waals surface area contributed by atoms with Crippen LogP contribution in [0, 0.1) is 13.8 Å². The van der Waals surface area contributed by atoms with Crippen molar-refractivity contribution in [3.8, 4) is 0 Å². The second kappa shape index (κ2) is 10.0. The molecule has 2 N–H and O–H groups in total. The molecule has 1 saturated heterocycles. The second-order valence-corrected chi connectivity index (χ2v) is 8.34. The van der Waals surface area contributed by atoms with Crippen LogP contribution in [0.15, 0.2) is 65.6 Å². The molecule has 0 spiro atoms. The van der Waals surface area contributed by atoms with Crippen LogP contribution < -0.4 is 11.4 Å². The van der Waals surface area contributed by atoms with E-state index >= 15 is 8.78 Å². The number of alkyl halides is 2. The lowest BCUT2D eigenvalue weighted by molar-refractivity contribution is -0.157. The number of aromatic nitrogens is 2. The highest BCUT2D eigenvalue weighted by molar-refractivity contribution is 5.26. The van der Waals surface area contributed by atoms with Gasteiger partial charge in [0.2, 0.25) is 6.23 Å². The number of anilines is 1. The lowest BCUT2D eigenvalue weighted by Crippen LogP contribution is -2.43. The summed E-state index contributed by atoms with van der Waals surface area (Å²) in [5.74, 6) is -3.59. The number of benzene rings is 2. The largest absolute Gasteiger partial charge is 0.383 e. The smallest absolute Gasteiger partial charge is 0.351 e. The van der Waals surface area contributed by atoms with Crippen molar-refractivity contribution in [2.24, 2.45) is 0 Å². The zero-order valence-corrected chi connectivity index (χ0v) is 19.0. The van der Waals surface area contributed by atoms with Crippen LogP contribution in [0.2, 0.25) is 0 Å². The standard InChI is InChI=1S/C25H27F2N3O4/c1-16-7-3-5-9-18(16)13-32-15-20-22(33-14-19-10-6-4-8-17(19)2)25(26,27)23(34-20)30-12-11-21(28)29-24(30)31/h3-12,20,22-23H,13-15H2,1-2H3,(H2,28,29,31)/t20-,22?,23-/m1/s1. The molecule has 9 heteroatoms. The monoisotopic (exact) mass is 471 g/mol. The molecule has 1 aliphatic heterocycles. The Balaban J connectivity index is 1.56. The summed E-state index contributed by atoms with van der Waals surface area (Å²) in [7, 11) is 0. The van der Waals surface area contributed by atoms with Crippen molar-refractivity contribution in [2.45, 2.75) is 51.4 Å². The Labute approximate surface area is 196 Å². The maximum Gasteiger partial charge on any atom is 0.351 e. The van der Waals surface area contributed by atoms with Crippen molar-refractivity contribution in [2.75, 3.05) is 12.3 Å². The zero-order chi connectivity index (χ0) is 24.3. The van der Waals surface area contributed by atoms with Crippen LogP contribution in [0.4, 0.5) is 14.6 Å². The molecule has 0 amide bonds. The van der Waals surface area contributed by atoms with E-state index in [2.05, 4.69) is 4.98 Å². The molecule has 1 unspecified atom stereocenters. The Kier molecular flexibility index (Phi) is 7.06. The van der Waals surface area contributed by atoms with Gasteiger partial charge in [0.15, 0.2) is 6.10 Å². The van der Waals surface area contributed by atoms with E-state index in [9.17, 15) is 4.79 Å². The van der Waals surface area contributed by atoms with Crippen molar-refractivity contribution in [3.05, 3.63) is 93.5 Å². The molecule has 0 radical (unpaired) electrons. The van der Waals surface area contributed by atoms with Crippen LogP contribution in [0.5, 0.6) is 0 Å². The van der Waals surface area contributed by atoms with Crippen LogP contribution in [0.25, 0.3) is 0 Å². The van der Waals surface area contributed by atoms with Crippen molar-refractivity contribution in [1.29, 1.82) is 0 Å². The van der Waals surface area contributed by atoms with E-state index in [-0.39, 0.29) is 25.6 Å². The number of nitrogens with zero attached hydrogens (tertiary/aromatic N) is 2. The van der Waals surface area contributed by atoms with E-state index < -0.39 is 30.0 Å². The first-order valence-electron chi connectivity index (χ1n) is 10.9. The highest BCUT2D eigenvalue weighted by Crippen LogP contribution is 2.44. The topological polar surface area (TPSA) is 88.6 Å². The SMILES string of the molecule is Cc1ccccc1COC[C@H]1O[C@@H](n2ccc(N)nc2=O)C(F)(F)C1OCc1ccccc1C. The average Bonchev–Trinajstić information content (AvgIpc) is 3.04. The molecular formula is C25H27F2N3O4. The van der Waals surface area contributed by atoms with E-state index in [0.717, 1.165) is 33.0 Å². The van der Waals surface area contributed by atoms with E-state index in [4.69, 9.17) is 19.9 Å². The number of halogens is 2. The Bertz CT molecular complexity index is 1200. The van der Waals surface area contributed by atoms with Gasteiger partial charge in [-0.3, -0.25) is 4.57 Å². The molecule has 2 heterocycles. The van der Waals surface area contributed by atoms with Gasteiger partial charge in [0.25, 0.3) is 0 Å². The molecule has 4 rings (SSSR count). The Morgan fingerprint density at radius 1 is 1.03 bits per heavy atom. The lowest BCUT2D eigenvalue weighted by Gasteiger charge is -2.25. The van der Waals surface area contributed by atoms with E-state index in [1.54, 1.807) is 0 Å². The van der Waals surface area contributed by atoms with Crippen LogP contribution in [0.3, 0.4) is 0 Å². The number of ether oxygens (including phenoxy) is 3. The molecule has 0 bridgehead atoms. The normalized spacial score (nSPS) is 21.6. The van der Waals surface area contributed by atoms with Crippen LogP contribution in [0.1, 0.15) is 28.5 Å². The minimum absolute atomic E-state index is 0.0355. The van der Waals surface area contributed by atoms with Crippen molar-refractivity contribution in [3.63, 3.8) is 0 Å². The Morgan fingerprint density at radius 3 is 2.26 bits per heavy atom. The summed E-state index contributed by atoms with van der Waals surface area (Å²) in [5, 5.41) is 0. The van der Waals surface area contributed by atoms with Crippen LogP contribution in [-0.2, 0) is 27.4 Å². The van der Waals surface area contributed by atoms with E-state index in [1.165, 1.54) is 6.07 Å². The van der Waals surface area contributed by atoms with Crippen molar-refractivity contribution < 1.29 is 23.0 Å². The van der Waals surface area contributed by atoms with Gasteiger partial charge in [0.05, 0.1) is 19.8 Å². The van der Waals surface area contributed by atoms with Gasteiger partial charge in [-0.2, -0.15) is 13.8 Å². The summed E-state index contributed by atoms with van der Waals surface area (Å²) in [6.07, 6.45) is -3.50. The minimum atomic E-state index is -3.53. The molecule has 3 atom stereocenters. The van der Waals surface area contributed by atoms with E-state index in [0.29, 0.717) is 0 Å². The predicted molar refractivity (Wildman–Crippen MR) is 122 cm³/mol. The molecule has 180 valence electrons. The molecule has 1 aliphatic rings. The summed E-state index contributed by atoms with van der Waals surface area (Å²) in [6.45, 7) is 3.88. The Hall–Kier alpha value is -3.14. The van der Waals surface area contributed by atoms with E-state index in [1.807, 2.05) is 62.4 Å². The maximum atomic E-state index is 15.6. The predicted octanol–water partition coefficient (Wildman–Crippen LogP) is 3.78. The van der Waals surface area contributed by atoms with Crippen LogP contribution in [-0.4, -0.2) is 34.3 Å². The van der Waals surface area contributed by atoms with Crippen molar-refractivity contribution in [1.82, 2.24) is 9.55 Å². The first kappa shape index (κ1) is 24.0. The summed E-state index contributed by atoms with van der Waals surface area (Å²) in [5.41, 5.74) is 8.27. The van der Waals surface area contributed by atoms with Gasteiger partial charge in [-0.1, -0.05) is 48.5 Å². The van der Waals surface area contributed by atoms with Gasteiger partial charge in [-0.15, -0.1) is 0 Å². The third-order valence-corrected chi connectivity index (χ3v) is 5.93. The minimum Gasteiger partial charge on any atom is -0.383 e. The van der Waals surface area contributed by atoms with Gasteiger partial charge in [0, 0.05) is 6.20 Å². The number of rotatable bonds is 8. The molecule has 0 saturated carbocycles. The Morgan fingerprint density at radius 2 is 1.65 bits per heavy atom. The fraction of sp³-hybridized carbons (Fsp3) is 0.360.